The second-order valence-corrected chi connectivity index (χ2v) is 5.91. The van der Waals surface area contributed by atoms with Gasteiger partial charge in [0.15, 0.2) is 28.1 Å². The molecule has 2 aromatic carbocycles. The molecule has 25 heavy (non-hydrogen) atoms. The van der Waals surface area contributed by atoms with Crippen molar-refractivity contribution in [1.29, 1.82) is 0 Å². The van der Waals surface area contributed by atoms with Gasteiger partial charge < -0.3 is 29.6 Å². The lowest BCUT2D eigenvalue weighted by molar-refractivity contribution is 0.174. The van der Waals surface area contributed by atoms with Crippen molar-refractivity contribution < 1.29 is 18.9 Å². The molecule has 0 aliphatic carbocycles. The van der Waals surface area contributed by atoms with Crippen LogP contribution in [0.2, 0.25) is 0 Å². The Labute approximate surface area is 152 Å². The molecule has 2 aromatic rings. The van der Waals surface area contributed by atoms with Gasteiger partial charge in [0, 0.05) is 11.8 Å². The Morgan fingerprint density at radius 2 is 1.80 bits per heavy atom. The van der Waals surface area contributed by atoms with Gasteiger partial charge in [0.1, 0.15) is 0 Å². The van der Waals surface area contributed by atoms with Gasteiger partial charge in [-0.05, 0) is 49.0 Å². The van der Waals surface area contributed by atoms with Crippen molar-refractivity contribution in [2.75, 3.05) is 26.3 Å². The van der Waals surface area contributed by atoms with E-state index in [-0.39, 0.29) is 12.8 Å². The quantitative estimate of drug-likeness (QED) is 0.792. The standard InChI is InChI=1S/C18H20N2O4S/c1-11(12-4-6-14(21-2)16(8-12)22-3)19-18(25)20-13-5-7-15-17(9-13)24-10-23-15/h4-9,11H,10H2,1-3H3,(H2,19,20,25). The monoisotopic (exact) mass is 360 g/mol. The van der Waals surface area contributed by atoms with E-state index in [4.69, 9.17) is 31.2 Å². The van der Waals surface area contributed by atoms with E-state index in [0.717, 1.165) is 17.0 Å². The van der Waals surface area contributed by atoms with Gasteiger partial charge in [0.2, 0.25) is 6.79 Å². The molecule has 132 valence electrons. The maximum atomic E-state index is 5.40. The minimum atomic E-state index is -0.00573. The van der Waals surface area contributed by atoms with E-state index in [1.165, 1.54) is 0 Å². The van der Waals surface area contributed by atoms with Gasteiger partial charge in [-0.15, -0.1) is 0 Å². The summed E-state index contributed by atoms with van der Waals surface area (Å²) >= 11 is 5.40. The molecule has 6 nitrogen and oxygen atoms in total. The first-order valence-electron chi connectivity index (χ1n) is 7.80. The number of methoxy groups -OCH3 is 2. The van der Waals surface area contributed by atoms with Crippen molar-refractivity contribution in [2.45, 2.75) is 13.0 Å². The maximum absolute atomic E-state index is 5.40. The van der Waals surface area contributed by atoms with Crippen LogP contribution in [0.25, 0.3) is 0 Å². The van der Waals surface area contributed by atoms with Gasteiger partial charge in [0.05, 0.1) is 20.3 Å². The summed E-state index contributed by atoms with van der Waals surface area (Å²) in [6, 6.07) is 11.4. The lowest BCUT2D eigenvalue weighted by Crippen LogP contribution is -2.30. The smallest absolute Gasteiger partial charge is 0.231 e. The van der Waals surface area contributed by atoms with Crippen LogP contribution in [0, 0.1) is 0 Å². The molecular formula is C18H20N2O4S. The first-order valence-corrected chi connectivity index (χ1v) is 8.20. The summed E-state index contributed by atoms with van der Waals surface area (Å²) in [5, 5.41) is 6.92. The van der Waals surface area contributed by atoms with Crippen molar-refractivity contribution >= 4 is 23.0 Å². The number of nitrogens with one attached hydrogen (secondary N) is 2. The highest BCUT2D eigenvalue weighted by molar-refractivity contribution is 7.80. The van der Waals surface area contributed by atoms with Crippen LogP contribution >= 0.6 is 12.2 Å². The van der Waals surface area contributed by atoms with E-state index in [9.17, 15) is 0 Å². The molecular weight excluding hydrogens is 340 g/mol. The van der Waals surface area contributed by atoms with Crippen LogP contribution in [-0.4, -0.2) is 26.1 Å². The first kappa shape index (κ1) is 17.2. The number of hydrogen-bond donors (Lipinski definition) is 2. The lowest BCUT2D eigenvalue weighted by atomic mass is 10.1. The Morgan fingerprint density at radius 1 is 1.04 bits per heavy atom. The number of ether oxygens (including phenoxy) is 4. The second-order valence-electron chi connectivity index (χ2n) is 5.50. The Morgan fingerprint density at radius 3 is 2.56 bits per heavy atom. The third-order valence-corrected chi connectivity index (χ3v) is 4.11. The van der Waals surface area contributed by atoms with Crippen molar-refractivity contribution in [3.8, 4) is 23.0 Å². The second kappa shape index (κ2) is 7.48. The topological polar surface area (TPSA) is 61.0 Å². The van der Waals surface area contributed by atoms with Crippen molar-refractivity contribution in [2.24, 2.45) is 0 Å². The number of rotatable bonds is 5. The summed E-state index contributed by atoms with van der Waals surface area (Å²) in [6.07, 6.45) is 0. The molecule has 0 saturated carbocycles. The average Bonchev–Trinajstić information content (AvgIpc) is 3.08. The highest BCUT2D eigenvalue weighted by atomic mass is 32.1. The zero-order chi connectivity index (χ0) is 17.8. The summed E-state index contributed by atoms with van der Waals surface area (Å²) in [5.74, 6) is 2.83. The summed E-state index contributed by atoms with van der Waals surface area (Å²) in [6.45, 7) is 2.27. The van der Waals surface area contributed by atoms with Gasteiger partial charge in [-0.2, -0.15) is 0 Å². The Kier molecular flexibility index (Phi) is 5.14. The largest absolute Gasteiger partial charge is 0.493 e. The summed E-state index contributed by atoms with van der Waals surface area (Å²) in [4.78, 5) is 0. The number of benzene rings is 2. The van der Waals surface area contributed by atoms with E-state index in [2.05, 4.69) is 10.6 Å². The van der Waals surface area contributed by atoms with Crippen LogP contribution in [0.3, 0.4) is 0 Å². The van der Waals surface area contributed by atoms with Crippen LogP contribution < -0.4 is 29.6 Å². The maximum Gasteiger partial charge on any atom is 0.231 e. The molecule has 0 radical (unpaired) electrons. The predicted molar refractivity (Wildman–Crippen MR) is 99.9 cm³/mol. The third kappa shape index (κ3) is 3.88. The molecule has 7 heteroatoms. The molecule has 0 spiro atoms. The highest BCUT2D eigenvalue weighted by Crippen LogP contribution is 2.34. The molecule has 0 aromatic heterocycles. The van der Waals surface area contributed by atoms with Gasteiger partial charge >= 0.3 is 0 Å². The number of anilines is 1. The fourth-order valence-electron chi connectivity index (χ4n) is 2.54. The van der Waals surface area contributed by atoms with E-state index in [0.29, 0.717) is 22.4 Å². The van der Waals surface area contributed by atoms with Crippen LogP contribution in [-0.2, 0) is 0 Å². The molecule has 1 unspecified atom stereocenters. The van der Waals surface area contributed by atoms with Crippen LogP contribution in [0.4, 0.5) is 5.69 Å². The average molecular weight is 360 g/mol. The molecule has 1 atom stereocenters. The highest BCUT2D eigenvalue weighted by Gasteiger charge is 2.15. The van der Waals surface area contributed by atoms with Crippen LogP contribution in [0.15, 0.2) is 36.4 Å². The lowest BCUT2D eigenvalue weighted by Gasteiger charge is -2.19. The summed E-state index contributed by atoms with van der Waals surface area (Å²) < 4.78 is 21.3. The van der Waals surface area contributed by atoms with Crippen molar-refractivity contribution in [1.82, 2.24) is 5.32 Å². The molecule has 0 bridgehead atoms. The number of hydrogen-bond acceptors (Lipinski definition) is 5. The minimum Gasteiger partial charge on any atom is -0.493 e. The number of thiocarbonyl (C=S) groups is 1. The fourth-order valence-corrected chi connectivity index (χ4v) is 2.84. The zero-order valence-electron chi connectivity index (χ0n) is 14.3. The Balaban J connectivity index is 1.64. The van der Waals surface area contributed by atoms with Gasteiger partial charge in [-0.3, -0.25) is 0 Å². The summed E-state index contributed by atoms with van der Waals surface area (Å²) in [7, 11) is 3.23. The Hall–Kier alpha value is -2.67. The normalized spacial score (nSPS) is 13.1. The van der Waals surface area contributed by atoms with E-state index >= 15 is 0 Å². The molecule has 3 rings (SSSR count). The van der Waals surface area contributed by atoms with Gasteiger partial charge in [-0.1, -0.05) is 6.07 Å². The minimum absolute atomic E-state index is 0.00573. The van der Waals surface area contributed by atoms with Crippen LogP contribution in [0.5, 0.6) is 23.0 Å². The van der Waals surface area contributed by atoms with E-state index in [1.54, 1.807) is 14.2 Å². The Bertz CT molecular complexity index is 782. The molecule has 0 saturated heterocycles. The SMILES string of the molecule is COc1ccc(C(C)NC(=S)Nc2ccc3c(c2)OCO3)cc1OC. The molecule has 1 aliphatic rings. The fraction of sp³-hybridized carbons (Fsp3) is 0.278. The third-order valence-electron chi connectivity index (χ3n) is 3.89. The molecule has 0 amide bonds. The van der Waals surface area contributed by atoms with Crippen LogP contribution in [0.1, 0.15) is 18.5 Å². The zero-order valence-corrected chi connectivity index (χ0v) is 15.1. The predicted octanol–water partition coefficient (Wildman–Crippen LogP) is 3.48. The molecule has 1 aliphatic heterocycles. The molecule has 1 heterocycles. The van der Waals surface area contributed by atoms with E-state index in [1.807, 2.05) is 43.3 Å². The van der Waals surface area contributed by atoms with E-state index < -0.39 is 0 Å². The van der Waals surface area contributed by atoms with Crippen molar-refractivity contribution in [3.05, 3.63) is 42.0 Å². The van der Waals surface area contributed by atoms with Gasteiger partial charge in [0.25, 0.3) is 0 Å². The van der Waals surface area contributed by atoms with Gasteiger partial charge in [-0.25, -0.2) is 0 Å². The first-order chi connectivity index (χ1) is 12.1. The number of fused-ring (bicyclic) bond motifs is 1. The molecule has 0 fully saturated rings. The summed E-state index contributed by atoms with van der Waals surface area (Å²) in [5.41, 5.74) is 1.87. The molecule has 2 N–H and O–H groups in total. The van der Waals surface area contributed by atoms with Crippen molar-refractivity contribution in [3.63, 3.8) is 0 Å².